The molecule has 1 N–H and O–H groups in total. The van der Waals surface area contributed by atoms with Gasteiger partial charge in [-0.3, -0.25) is 4.79 Å². The number of benzene rings is 1. The molecule has 1 saturated heterocycles. The van der Waals surface area contributed by atoms with Crippen molar-refractivity contribution in [3.8, 4) is 0 Å². The zero-order valence-corrected chi connectivity index (χ0v) is 13.9. The number of anilines is 1. The first-order chi connectivity index (χ1) is 11.2. The third-order valence-electron chi connectivity index (χ3n) is 3.81. The molecular weight excluding hydrogens is 312 g/mol. The molecule has 0 spiro atoms. The lowest BCUT2D eigenvalue weighted by molar-refractivity contribution is -0.136. The van der Waals surface area contributed by atoms with Gasteiger partial charge in [-0.15, -0.1) is 0 Å². The fraction of sp³-hybridized carbons (Fsp3) is 0.438. The third-order valence-corrected chi connectivity index (χ3v) is 4.57. The molecule has 0 radical (unpaired) electrons. The number of aromatic nitrogens is 2. The molecule has 6 nitrogen and oxygen atoms in total. The van der Waals surface area contributed by atoms with Crippen LogP contribution in [0, 0.1) is 6.92 Å². The molecule has 1 aliphatic heterocycles. The van der Waals surface area contributed by atoms with Gasteiger partial charge in [-0.25, -0.2) is 4.98 Å². The second-order valence-corrected chi connectivity index (χ2v) is 6.18. The molecule has 1 aromatic heterocycles. The van der Waals surface area contributed by atoms with Gasteiger partial charge in [0.05, 0.1) is 19.1 Å². The van der Waals surface area contributed by atoms with E-state index in [0.717, 1.165) is 16.5 Å². The first-order valence-corrected chi connectivity index (χ1v) is 8.47. The lowest BCUT2D eigenvalue weighted by atomic mass is 9.97. The molecule has 1 fully saturated rings. The van der Waals surface area contributed by atoms with Crippen LogP contribution in [0.1, 0.15) is 17.3 Å². The van der Waals surface area contributed by atoms with Crippen molar-refractivity contribution in [3.63, 3.8) is 0 Å². The summed E-state index contributed by atoms with van der Waals surface area (Å²) >= 11 is 1.32. The van der Waals surface area contributed by atoms with Gasteiger partial charge in [0.2, 0.25) is 11.0 Å². The van der Waals surface area contributed by atoms with E-state index in [0.29, 0.717) is 32.8 Å². The van der Waals surface area contributed by atoms with E-state index in [1.54, 1.807) is 0 Å². The smallest absolute Gasteiger partial charge is 0.232 e. The number of carbonyl (C=O) groups excluding carboxylic acids is 1. The van der Waals surface area contributed by atoms with E-state index >= 15 is 0 Å². The van der Waals surface area contributed by atoms with Gasteiger partial charge in [-0.1, -0.05) is 30.3 Å². The molecule has 3 rings (SSSR count). The van der Waals surface area contributed by atoms with Crippen molar-refractivity contribution >= 4 is 22.6 Å². The summed E-state index contributed by atoms with van der Waals surface area (Å²) in [5, 5.41) is 4.00. The highest BCUT2D eigenvalue weighted by Crippen LogP contribution is 2.21. The Balaban J connectivity index is 1.74. The van der Waals surface area contributed by atoms with Gasteiger partial charge >= 0.3 is 0 Å². The number of morpholine rings is 1. The topological polar surface area (TPSA) is 67.4 Å². The SMILES string of the molecule is Cc1nsc(NCC(C(=O)N2CCOCC2)c2ccccc2)n1. The van der Waals surface area contributed by atoms with E-state index in [-0.39, 0.29) is 11.8 Å². The Hall–Kier alpha value is -1.99. The number of nitrogens with zero attached hydrogens (tertiary/aromatic N) is 3. The highest BCUT2D eigenvalue weighted by molar-refractivity contribution is 7.09. The number of amides is 1. The van der Waals surface area contributed by atoms with Crippen LogP contribution in [0.15, 0.2) is 30.3 Å². The van der Waals surface area contributed by atoms with Crippen LogP contribution in [0.5, 0.6) is 0 Å². The standard InChI is InChI=1S/C16H20N4O2S/c1-12-18-16(23-19-12)17-11-14(13-5-3-2-4-6-13)15(21)20-7-9-22-10-8-20/h2-6,14H,7-11H2,1H3,(H,17,18,19). The molecule has 2 aromatic rings. The molecule has 1 amide bonds. The minimum atomic E-state index is -0.237. The van der Waals surface area contributed by atoms with Gasteiger partial charge in [-0.05, 0) is 12.5 Å². The Bertz CT molecular complexity index is 641. The van der Waals surface area contributed by atoms with E-state index in [1.165, 1.54) is 11.5 Å². The molecule has 1 unspecified atom stereocenters. The summed E-state index contributed by atoms with van der Waals surface area (Å²) in [5.41, 5.74) is 1.01. The van der Waals surface area contributed by atoms with E-state index in [2.05, 4.69) is 14.7 Å². The fourth-order valence-electron chi connectivity index (χ4n) is 2.60. The van der Waals surface area contributed by atoms with Crippen LogP contribution in [0.4, 0.5) is 5.13 Å². The maximum Gasteiger partial charge on any atom is 0.232 e. The number of ether oxygens (including phenoxy) is 1. The van der Waals surface area contributed by atoms with Gasteiger partial charge in [-0.2, -0.15) is 4.37 Å². The van der Waals surface area contributed by atoms with Crippen LogP contribution >= 0.6 is 11.5 Å². The molecule has 0 saturated carbocycles. The second-order valence-electron chi connectivity index (χ2n) is 5.43. The zero-order valence-electron chi connectivity index (χ0n) is 13.1. The summed E-state index contributed by atoms with van der Waals surface area (Å²) in [5.74, 6) is 0.639. The molecule has 1 aromatic carbocycles. The molecule has 0 aliphatic carbocycles. The average Bonchev–Trinajstić information content (AvgIpc) is 3.02. The van der Waals surface area contributed by atoms with Gasteiger partial charge in [0.25, 0.3) is 0 Å². The summed E-state index contributed by atoms with van der Waals surface area (Å²) in [4.78, 5) is 19.1. The molecule has 23 heavy (non-hydrogen) atoms. The van der Waals surface area contributed by atoms with Gasteiger partial charge < -0.3 is 15.0 Å². The van der Waals surface area contributed by atoms with E-state index in [9.17, 15) is 4.79 Å². The largest absolute Gasteiger partial charge is 0.378 e. The number of hydrogen-bond donors (Lipinski definition) is 1. The van der Waals surface area contributed by atoms with Crippen LogP contribution in [0.2, 0.25) is 0 Å². The maximum atomic E-state index is 12.9. The normalized spacial score (nSPS) is 16.1. The monoisotopic (exact) mass is 332 g/mol. The first kappa shape index (κ1) is 15.9. The van der Waals surface area contributed by atoms with Crippen LogP contribution in [-0.2, 0) is 9.53 Å². The van der Waals surface area contributed by atoms with Crippen molar-refractivity contribution in [2.75, 3.05) is 38.2 Å². The number of carbonyl (C=O) groups is 1. The molecule has 122 valence electrons. The van der Waals surface area contributed by atoms with Crippen molar-refractivity contribution in [2.45, 2.75) is 12.8 Å². The summed E-state index contributed by atoms with van der Waals surface area (Å²) < 4.78 is 9.50. The van der Waals surface area contributed by atoms with Crippen LogP contribution in [0.25, 0.3) is 0 Å². The number of rotatable bonds is 5. The minimum absolute atomic E-state index is 0.133. The summed E-state index contributed by atoms with van der Waals surface area (Å²) in [7, 11) is 0. The molecule has 1 aliphatic rings. The Morgan fingerprint density at radius 2 is 2.09 bits per heavy atom. The van der Waals surface area contributed by atoms with Gasteiger partial charge in [0, 0.05) is 31.2 Å². The van der Waals surface area contributed by atoms with Crippen molar-refractivity contribution < 1.29 is 9.53 Å². The van der Waals surface area contributed by atoms with Crippen molar-refractivity contribution in [1.82, 2.24) is 14.3 Å². The van der Waals surface area contributed by atoms with Crippen molar-refractivity contribution in [2.24, 2.45) is 0 Å². The van der Waals surface area contributed by atoms with E-state index < -0.39 is 0 Å². The summed E-state index contributed by atoms with van der Waals surface area (Å²) in [6, 6.07) is 9.88. The second kappa shape index (κ2) is 7.52. The lowest BCUT2D eigenvalue weighted by Gasteiger charge is -2.30. The Labute approximate surface area is 139 Å². The number of nitrogens with one attached hydrogen (secondary N) is 1. The Morgan fingerprint density at radius 3 is 2.74 bits per heavy atom. The summed E-state index contributed by atoms with van der Waals surface area (Å²) in [6.45, 7) is 4.89. The molecular formula is C16H20N4O2S. The van der Waals surface area contributed by atoms with Gasteiger partial charge in [0.1, 0.15) is 5.82 Å². The molecule has 1 atom stereocenters. The maximum absolute atomic E-state index is 12.9. The zero-order chi connectivity index (χ0) is 16.1. The average molecular weight is 332 g/mol. The van der Waals surface area contributed by atoms with Crippen molar-refractivity contribution in [1.29, 1.82) is 0 Å². The lowest BCUT2D eigenvalue weighted by Crippen LogP contribution is -2.44. The predicted molar refractivity (Wildman–Crippen MR) is 89.7 cm³/mol. The van der Waals surface area contributed by atoms with Gasteiger partial charge in [0.15, 0.2) is 0 Å². The third kappa shape index (κ3) is 4.05. The number of hydrogen-bond acceptors (Lipinski definition) is 6. The van der Waals surface area contributed by atoms with Crippen molar-refractivity contribution in [3.05, 3.63) is 41.7 Å². The highest BCUT2D eigenvalue weighted by Gasteiger charge is 2.27. The van der Waals surface area contributed by atoms with Crippen LogP contribution in [-0.4, -0.2) is 53.0 Å². The van der Waals surface area contributed by atoms with Crippen LogP contribution < -0.4 is 5.32 Å². The fourth-order valence-corrected chi connectivity index (χ4v) is 3.18. The first-order valence-electron chi connectivity index (χ1n) is 7.69. The quantitative estimate of drug-likeness (QED) is 0.906. The minimum Gasteiger partial charge on any atom is -0.378 e. The van der Waals surface area contributed by atoms with E-state index in [1.807, 2.05) is 42.2 Å². The predicted octanol–water partition coefficient (Wildman–Crippen LogP) is 1.90. The summed E-state index contributed by atoms with van der Waals surface area (Å²) in [6.07, 6.45) is 0. The molecule has 0 bridgehead atoms. The molecule has 7 heteroatoms. The highest BCUT2D eigenvalue weighted by atomic mass is 32.1. The Morgan fingerprint density at radius 1 is 1.35 bits per heavy atom. The van der Waals surface area contributed by atoms with Crippen LogP contribution in [0.3, 0.4) is 0 Å². The molecule has 2 heterocycles. The number of aryl methyl sites for hydroxylation is 1. The van der Waals surface area contributed by atoms with E-state index in [4.69, 9.17) is 4.74 Å². The Kier molecular flexibility index (Phi) is 5.19.